The third kappa shape index (κ3) is 4.40. The molecule has 0 aliphatic carbocycles. The van der Waals surface area contributed by atoms with Gasteiger partial charge in [-0.05, 0) is 25.3 Å². The van der Waals surface area contributed by atoms with E-state index in [-0.39, 0.29) is 0 Å². The lowest BCUT2D eigenvalue weighted by atomic mass is 9.98. The van der Waals surface area contributed by atoms with Gasteiger partial charge in [0.1, 0.15) is 0 Å². The Morgan fingerprint density at radius 1 is 1.29 bits per heavy atom. The van der Waals surface area contributed by atoms with E-state index in [1.165, 1.54) is 0 Å². The van der Waals surface area contributed by atoms with Gasteiger partial charge in [-0.3, -0.25) is 0 Å². The maximum absolute atomic E-state index is 5.78. The van der Waals surface area contributed by atoms with E-state index < -0.39 is 0 Å². The lowest BCUT2D eigenvalue weighted by molar-refractivity contribution is -0.0289. The topological polar surface area (TPSA) is 30.5 Å². The molecule has 0 radical (unpaired) electrons. The van der Waals surface area contributed by atoms with Gasteiger partial charge in [-0.2, -0.15) is 0 Å². The summed E-state index contributed by atoms with van der Waals surface area (Å²) >= 11 is 0. The smallest absolute Gasteiger partial charge is 0.0704 e. The highest BCUT2D eigenvalue weighted by Gasteiger charge is 2.20. The highest BCUT2D eigenvalue weighted by Crippen LogP contribution is 2.13. The Hall–Kier alpha value is -0.120. The van der Waals surface area contributed by atoms with Crippen molar-refractivity contribution in [1.82, 2.24) is 5.32 Å². The van der Waals surface area contributed by atoms with Gasteiger partial charge in [0.2, 0.25) is 0 Å². The zero-order valence-corrected chi connectivity index (χ0v) is 9.42. The first-order valence-electron chi connectivity index (χ1n) is 5.74. The summed E-state index contributed by atoms with van der Waals surface area (Å²) in [4.78, 5) is 0. The summed E-state index contributed by atoms with van der Waals surface area (Å²) < 4.78 is 11.1. The summed E-state index contributed by atoms with van der Waals surface area (Å²) in [6.07, 6.45) is 2.65. The summed E-state index contributed by atoms with van der Waals surface area (Å²) in [5, 5.41) is 3.36. The summed E-state index contributed by atoms with van der Waals surface area (Å²) in [5.74, 6) is 0.634. The van der Waals surface area contributed by atoms with Crippen LogP contribution in [0.4, 0.5) is 0 Å². The molecule has 0 aromatic rings. The van der Waals surface area contributed by atoms with Crippen molar-refractivity contribution in [2.24, 2.45) is 5.92 Å². The molecule has 1 aliphatic rings. The Bertz CT molecular complexity index is 141. The van der Waals surface area contributed by atoms with E-state index in [2.05, 4.69) is 19.2 Å². The molecule has 2 atom stereocenters. The van der Waals surface area contributed by atoms with Gasteiger partial charge in [0, 0.05) is 13.2 Å². The first-order chi connectivity index (χ1) is 6.84. The molecule has 1 saturated heterocycles. The van der Waals surface area contributed by atoms with Crippen LogP contribution in [0.5, 0.6) is 0 Å². The predicted molar refractivity (Wildman–Crippen MR) is 57.5 cm³/mol. The van der Waals surface area contributed by atoms with Crippen LogP contribution in [0.25, 0.3) is 0 Å². The number of ether oxygens (including phenoxy) is 2. The van der Waals surface area contributed by atoms with Crippen molar-refractivity contribution in [2.45, 2.75) is 32.8 Å². The van der Waals surface area contributed by atoms with Crippen LogP contribution in [0.1, 0.15) is 26.7 Å². The van der Waals surface area contributed by atoms with Crippen LogP contribution in [0, 0.1) is 5.92 Å². The van der Waals surface area contributed by atoms with Crippen LogP contribution in [-0.2, 0) is 9.47 Å². The zero-order chi connectivity index (χ0) is 10.2. The third-order valence-corrected chi connectivity index (χ3v) is 2.61. The van der Waals surface area contributed by atoms with Gasteiger partial charge in [-0.25, -0.2) is 0 Å². The van der Waals surface area contributed by atoms with Crippen LogP contribution < -0.4 is 5.32 Å². The molecule has 0 spiro atoms. The molecule has 0 aromatic carbocycles. The second-order valence-electron chi connectivity index (χ2n) is 3.99. The van der Waals surface area contributed by atoms with E-state index in [4.69, 9.17) is 9.47 Å². The minimum Gasteiger partial charge on any atom is -0.379 e. The zero-order valence-electron chi connectivity index (χ0n) is 9.42. The van der Waals surface area contributed by atoms with Gasteiger partial charge < -0.3 is 14.8 Å². The molecule has 1 aliphatic heterocycles. The van der Waals surface area contributed by atoms with Crippen molar-refractivity contribution in [1.29, 1.82) is 0 Å². The molecule has 3 heteroatoms. The van der Waals surface area contributed by atoms with Gasteiger partial charge >= 0.3 is 0 Å². The third-order valence-electron chi connectivity index (χ3n) is 2.61. The van der Waals surface area contributed by atoms with E-state index in [0.29, 0.717) is 12.0 Å². The number of hydrogen-bond acceptors (Lipinski definition) is 3. The Morgan fingerprint density at radius 3 is 2.86 bits per heavy atom. The molecule has 3 nitrogen and oxygen atoms in total. The van der Waals surface area contributed by atoms with Gasteiger partial charge in [0.05, 0.1) is 19.3 Å². The molecule has 0 bridgehead atoms. The SMILES string of the molecule is CCCOCCOC1CCNCC1C. The van der Waals surface area contributed by atoms with Gasteiger partial charge in [0.25, 0.3) is 0 Å². The second kappa shape index (κ2) is 7.21. The number of nitrogens with one attached hydrogen (secondary N) is 1. The molecule has 14 heavy (non-hydrogen) atoms. The van der Waals surface area contributed by atoms with E-state index >= 15 is 0 Å². The molecule has 0 saturated carbocycles. The first-order valence-corrected chi connectivity index (χ1v) is 5.74. The van der Waals surface area contributed by atoms with E-state index in [9.17, 15) is 0 Å². The average molecular weight is 201 g/mol. The largest absolute Gasteiger partial charge is 0.379 e. The maximum atomic E-state index is 5.78. The quantitative estimate of drug-likeness (QED) is 0.659. The molecule has 0 amide bonds. The summed E-state index contributed by atoms with van der Waals surface area (Å²) in [6.45, 7) is 8.87. The highest BCUT2D eigenvalue weighted by molar-refractivity contribution is 4.75. The van der Waals surface area contributed by atoms with Crippen molar-refractivity contribution in [3.63, 3.8) is 0 Å². The number of hydrogen-bond donors (Lipinski definition) is 1. The summed E-state index contributed by atoms with van der Waals surface area (Å²) in [5.41, 5.74) is 0. The van der Waals surface area contributed by atoms with Crippen LogP contribution >= 0.6 is 0 Å². The fraction of sp³-hybridized carbons (Fsp3) is 1.00. The normalized spacial score (nSPS) is 27.9. The van der Waals surface area contributed by atoms with Gasteiger partial charge in [-0.15, -0.1) is 0 Å². The minimum absolute atomic E-state index is 0.432. The molecule has 1 N–H and O–H groups in total. The monoisotopic (exact) mass is 201 g/mol. The van der Waals surface area contributed by atoms with Crippen molar-refractivity contribution in [3.8, 4) is 0 Å². The fourth-order valence-electron chi connectivity index (χ4n) is 1.74. The molecule has 1 rings (SSSR count). The molecular weight excluding hydrogens is 178 g/mol. The van der Waals surface area contributed by atoms with Crippen LogP contribution in [0.2, 0.25) is 0 Å². The standard InChI is InChI=1S/C11H23NO2/c1-3-6-13-7-8-14-11-4-5-12-9-10(11)2/h10-12H,3-9H2,1-2H3. The van der Waals surface area contributed by atoms with Crippen LogP contribution in [0.3, 0.4) is 0 Å². The fourth-order valence-corrected chi connectivity index (χ4v) is 1.74. The first kappa shape index (κ1) is 12.0. The number of rotatable bonds is 6. The van der Waals surface area contributed by atoms with E-state index in [1.54, 1.807) is 0 Å². The molecule has 1 fully saturated rings. The van der Waals surface area contributed by atoms with Crippen molar-refractivity contribution < 1.29 is 9.47 Å². The molecule has 2 unspecified atom stereocenters. The van der Waals surface area contributed by atoms with Crippen LogP contribution in [0.15, 0.2) is 0 Å². The summed E-state index contributed by atoms with van der Waals surface area (Å²) in [6, 6.07) is 0. The molecule has 1 heterocycles. The lowest BCUT2D eigenvalue weighted by Gasteiger charge is -2.29. The van der Waals surface area contributed by atoms with Crippen molar-refractivity contribution in [3.05, 3.63) is 0 Å². The van der Waals surface area contributed by atoms with Crippen molar-refractivity contribution >= 4 is 0 Å². The molecule has 0 aromatic heterocycles. The minimum atomic E-state index is 0.432. The number of piperidine rings is 1. The maximum Gasteiger partial charge on any atom is 0.0704 e. The van der Waals surface area contributed by atoms with E-state index in [0.717, 1.165) is 45.8 Å². The Balaban J connectivity index is 1.99. The lowest BCUT2D eigenvalue weighted by Crippen LogP contribution is -2.40. The van der Waals surface area contributed by atoms with Gasteiger partial charge in [-0.1, -0.05) is 13.8 Å². The van der Waals surface area contributed by atoms with Crippen molar-refractivity contribution in [2.75, 3.05) is 32.9 Å². The highest BCUT2D eigenvalue weighted by atomic mass is 16.5. The Morgan fingerprint density at radius 2 is 2.14 bits per heavy atom. The summed E-state index contributed by atoms with van der Waals surface area (Å²) in [7, 11) is 0. The predicted octanol–water partition coefficient (Wildman–Crippen LogP) is 1.43. The van der Waals surface area contributed by atoms with Crippen LogP contribution in [-0.4, -0.2) is 39.0 Å². The molecular formula is C11H23NO2. The average Bonchev–Trinajstić information content (AvgIpc) is 2.20. The van der Waals surface area contributed by atoms with E-state index in [1.807, 2.05) is 0 Å². The second-order valence-corrected chi connectivity index (χ2v) is 3.99. The Kier molecular flexibility index (Phi) is 6.15. The molecule has 84 valence electrons. The Labute approximate surface area is 87.2 Å². The van der Waals surface area contributed by atoms with Gasteiger partial charge in [0.15, 0.2) is 0 Å².